The van der Waals surface area contributed by atoms with Crippen LogP contribution in [0.15, 0.2) is 12.4 Å². The first-order valence-electron chi connectivity index (χ1n) is 4.15. The average Bonchev–Trinajstić information content (AvgIpc) is 2.45. The van der Waals surface area contributed by atoms with Crippen LogP contribution in [0.3, 0.4) is 0 Å². The molecule has 3 nitrogen and oxygen atoms in total. The Morgan fingerprint density at radius 3 is 2.92 bits per heavy atom. The molecule has 0 saturated heterocycles. The molecule has 0 saturated carbocycles. The van der Waals surface area contributed by atoms with Crippen LogP contribution in [0.2, 0.25) is 0 Å². The summed E-state index contributed by atoms with van der Waals surface area (Å²) in [5.74, 6) is 0. The van der Waals surface area contributed by atoms with Crippen LogP contribution >= 0.6 is 0 Å². The van der Waals surface area contributed by atoms with Crippen LogP contribution in [0, 0.1) is 0 Å². The Morgan fingerprint density at radius 2 is 2.38 bits per heavy atom. The van der Waals surface area contributed by atoms with Gasteiger partial charge in [-0.3, -0.25) is 4.68 Å². The molecule has 0 unspecified atom stereocenters. The first kappa shape index (κ1) is 10.1. The van der Waals surface area contributed by atoms with E-state index in [2.05, 4.69) is 10.4 Å². The van der Waals surface area contributed by atoms with E-state index in [-0.39, 0.29) is 6.54 Å². The molecule has 0 aliphatic carbocycles. The number of nitrogens with one attached hydrogen (secondary N) is 1. The number of aromatic nitrogens is 2. The van der Waals surface area contributed by atoms with E-state index in [1.807, 2.05) is 13.2 Å². The predicted octanol–water partition coefficient (Wildman–Crippen LogP) is 0.817. The van der Waals surface area contributed by atoms with E-state index in [9.17, 15) is 8.78 Å². The smallest absolute Gasteiger partial charge is 0.250 e. The Balaban J connectivity index is 2.13. The Kier molecular flexibility index (Phi) is 3.82. The molecule has 0 bridgehead atoms. The molecule has 1 rings (SSSR count). The van der Waals surface area contributed by atoms with Crippen molar-refractivity contribution in [3.05, 3.63) is 18.0 Å². The molecular formula is C8H13F2N3. The number of hydrogen-bond donors (Lipinski definition) is 1. The topological polar surface area (TPSA) is 29.9 Å². The lowest BCUT2D eigenvalue weighted by atomic mass is 10.2. The maximum Gasteiger partial charge on any atom is 0.250 e. The highest BCUT2D eigenvalue weighted by atomic mass is 19.3. The van der Waals surface area contributed by atoms with Gasteiger partial charge in [0.2, 0.25) is 0 Å². The van der Waals surface area contributed by atoms with E-state index in [0.29, 0.717) is 6.54 Å². The fourth-order valence-corrected chi connectivity index (χ4v) is 1.04. The van der Waals surface area contributed by atoms with E-state index in [0.717, 1.165) is 12.0 Å². The average molecular weight is 189 g/mol. The third kappa shape index (κ3) is 3.98. The molecule has 0 aromatic carbocycles. The van der Waals surface area contributed by atoms with Crippen molar-refractivity contribution >= 4 is 0 Å². The largest absolute Gasteiger partial charge is 0.311 e. The molecule has 0 spiro atoms. The summed E-state index contributed by atoms with van der Waals surface area (Å²) in [5, 5.41) is 6.63. The molecule has 0 atom stereocenters. The molecule has 74 valence electrons. The van der Waals surface area contributed by atoms with Gasteiger partial charge in [0.1, 0.15) is 0 Å². The van der Waals surface area contributed by atoms with Gasteiger partial charge in [-0.15, -0.1) is 0 Å². The number of aryl methyl sites for hydroxylation is 1. The number of rotatable bonds is 5. The highest BCUT2D eigenvalue weighted by molar-refractivity contribution is 5.03. The van der Waals surface area contributed by atoms with Crippen LogP contribution in [0.1, 0.15) is 5.56 Å². The summed E-state index contributed by atoms with van der Waals surface area (Å²) < 4.78 is 25.1. The second-order valence-electron chi connectivity index (χ2n) is 2.87. The summed E-state index contributed by atoms with van der Waals surface area (Å²) in [6.07, 6.45) is 2.09. The quantitative estimate of drug-likeness (QED) is 0.695. The van der Waals surface area contributed by atoms with Crippen molar-refractivity contribution in [2.75, 3.05) is 13.1 Å². The van der Waals surface area contributed by atoms with Gasteiger partial charge in [-0.2, -0.15) is 5.10 Å². The van der Waals surface area contributed by atoms with Crippen molar-refractivity contribution < 1.29 is 8.78 Å². The molecule has 1 aromatic heterocycles. The van der Waals surface area contributed by atoms with E-state index in [1.165, 1.54) is 0 Å². The first-order valence-corrected chi connectivity index (χ1v) is 4.15. The minimum atomic E-state index is -2.27. The molecule has 13 heavy (non-hydrogen) atoms. The van der Waals surface area contributed by atoms with Crippen LogP contribution in [0.25, 0.3) is 0 Å². The van der Waals surface area contributed by atoms with Crippen molar-refractivity contribution in [1.29, 1.82) is 0 Å². The van der Waals surface area contributed by atoms with Gasteiger partial charge in [-0.05, 0) is 18.5 Å². The summed E-state index contributed by atoms with van der Waals surface area (Å²) in [6, 6.07) is 0. The van der Waals surface area contributed by atoms with Gasteiger partial charge in [-0.25, -0.2) is 8.78 Å². The van der Waals surface area contributed by atoms with Gasteiger partial charge < -0.3 is 5.32 Å². The molecule has 0 fully saturated rings. The van der Waals surface area contributed by atoms with Gasteiger partial charge in [0, 0.05) is 13.2 Å². The second kappa shape index (κ2) is 4.91. The molecule has 1 aromatic rings. The van der Waals surface area contributed by atoms with Crippen molar-refractivity contribution in [2.24, 2.45) is 7.05 Å². The fourth-order valence-electron chi connectivity index (χ4n) is 1.04. The second-order valence-corrected chi connectivity index (χ2v) is 2.87. The lowest BCUT2D eigenvalue weighted by Gasteiger charge is -2.01. The standard InChI is InChI=1S/C8H13F2N3/c1-13-6-7(4-12-13)2-3-11-5-8(9)10/h4,6,8,11H,2-3,5H2,1H3. The Morgan fingerprint density at radius 1 is 1.62 bits per heavy atom. The van der Waals surface area contributed by atoms with E-state index in [1.54, 1.807) is 10.9 Å². The van der Waals surface area contributed by atoms with Crippen molar-refractivity contribution in [3.63, 3.8) is 0 Å². The number of halogens is 2. The van der Waals surface area contributed by atoms with Crippen molar-refractivity contribution in [2.45, 2.75) is 12.8 Å². The van der Waals surface area contributed by atoms with Gasteiger partial charge >= 0.3 is 0 Å². The first-order chi connectivity index (χ1) is 6.18. The number of alkyl halides is 2. The summed E-state index contributed by atoms with van der Waals surface area (Å²) in [6.45, 7) is 0.330. The number of hydrogen-bond acceptors (Lipinski definition) is 2. The van der Waals surface area contributed by atoms with Gasteiger partial charge in [-0.1, -0.05) is 0 Å². The number of nitrogens with zero attached hydrogens (tertiary/aromatic N) is 2. The fraction of sp³-hybridized carbons (Fsp3) is 0.625. The zero-order valence-corrected chi connectivity index (χ0v) is 7.50. The minimum absolute atomic E-state index is 0.236. The zero-order chi connectivity index (χ0) is 9.68. The molecule has 0 aliphatic heterocycles. The van der Waals surface area contributed by atoms with Gasteiger partial charge in [0.25, 0.3) is 6.43 Å². The predicted molar refractivity (Wildman–Crippen MR) is 45.8 cm³/mol. The van der Waals surface area contributed by atoms with Crippen LogP contribution in [-0.4, -0.2) is 29.3 Å². The Hall–Kier alpha value is -0.970. The monoisotopic (exact) mass is 189 g/mol. The highest BCUT2D eigenvalue weighted by Crippen LogP contribution is 1.96. The maximum atomic E-state index is 11.7. The van der Waals surface area contributed by atoms with Crippen molar-refractivity contribution in [1.82, 2.24) is 15.1 Å². The summed E-state index contributed by atoms with van der Waals surface area (Å²) in [7, 11) is 1.83. The third-order valence-corrected chi connectivity index (χ3v) is 1.65. The van der Waals surface area contributed by atoms with E-state index in [4.69, 9.17) is 0 Å². The lowest BCUT2D eigenvalue weighted by molar-refractivity contribution is 0.146. The maximum absolute atomic E-state index is 11.7. The molecule has 5 heteroatoms. The lowest BCUT2D eigenvalue weighted by Crippen LogP contribution is -2.23. The summed E-state index contributed by atoms with van der Waals surface area (Å²) in [5.41, 5.74) is 1.06. The molecule has 1 N–H and O–H groups in total. The molecule has 0 radical (unpaired) electrons. The van der Waals surface area contributed by atoms with Gasteiger partial charge in [0.15, 0.2) is 0 Å². The summed E-state index contributed by atoms with van der Waals surface area (Å²) >= 11 is 0. The molecule has 0 aliphatic rings. The molecule has 1 heterocycles. The zero-order valence-electron chi connectivity index (χ0n) is 7.50. The van der Waals surface area contributed by atoms with Crippen molar-refractivity contribution in [3.8, 4) is 0 Å². The van der Waals surface area contributed by atoms with E-state index >= 15 is 0 Å². The van der Waals surface area contributed by atoms with Crippen LogP contribution in [-0.2, 0) is 13.5 Å². The van der Waals surface area contributed by atoms with E-state index < -0.39 is 6.43 Å². The Bertz CT molecular complexity index is 247. The Labute approximate surface area is 75.7 Å². The third-order valence-electron chi connectivity index (χ3n) is 1.65. The highest BCUT2D eigenvalue weighted by Gasteiger charge is 2.00. The van der Waals surface area contributed by atoms with Crippen LogP contribution in [0.4, 0.5) is 8.78 Å². The van der Waals surface area contributed by atoms with Crippen LogP contribution in [0.5, 0.6) is 0 Å². The summed E-state index contributed by atoms with van der Waals surface area (Å²) in [4.78, 5) is 0. The normalized spacial score (nSPS) is 11.1. The minimum Gasteiger partial charge on any atom is -0.311 e. The molecular weight excluding hydrogens is 176 g/mol. The molecule has 0 amide bonds. The SMILES string of the molecule is Cn1cc(CCNCC(F)F)cn1. The van der Waals surface area contributed by atoms with Gasteiger partial charge in [0.05, 0.1) is 12.7 Å². The van der Waals surface area contributed by atoms with Crippen LogP contribution < -0.4 is 5.32 Å².